The second-order valence-corrected chi connectivity index (χ2v) is 9.26. The summed E-state index contributed by atoms with van der Waals surface area (Å²) in [5, 5.41) is 2.59. The Hall–Kier alpha value is -4.54. The van der Waals surface area contributed by atoms with Crippen LogP contribution in [0.3, 0.4) is 0 Å². The molecule has 0 radical (unpaired) electrons. The summed E-state index contributed by atoms with van der Waals surface area (Å²) in [6.07, 6.45) is 1.49. The van der Waals surface area contributed by atoms with Gasteiger partial charge < -0.3 is 34.7 Å². The number of nitrogens with two attached hydrogens (primary N) is 1. The van der Waals surface area contributed by atoms with Crippen LogP contribution in [0.2, 0.25) is 0 Å². The maximum absolute atomic E-state index is 13.6. The molecular weight excluding hydrogens is 576 g/mol. The van der Waals surface area contributed by atoms with Gasteiger partial charge in [0.25, 0.3) is 5.91 Å². The normalized spacial score (nSPS) is 11.6. The van der Waals surface area contributed by atoms with Gasteiger partial charge in [-0.15, -0.1) is 12.4 Å². The molecule has 3 N–H and O–H groups in total. The molecule has 2 atom stereocenters. The lowest BCUT2D eigenvalue weighted by Crippen LogP contribution is -2.43. The summed E-state index contributed by atoms with van der Waals surface area (Å²) in [4.78, 5) is 39.0. The van der Waals surface area contributed by atoms with Crippen molar-refractivity contribution in [3.05, 3.63) is 102 Å². The molecule has 0 unspecified atom stereocenters. The molecule has 10 nitrogen and oxygen atoms in total. The average molecular weight is 613 g/mol. The summed E-state index contributed by atoms with van der Waals surface area (Å²) in [7, 11) is 2.88. The Morgan fingerprint density at radius 1 is 0.884 bits per heavy atom. The highest BCUT2D eigenvalue weighted by Crippen LogP contribution is 2.35. The van der Waals surface area contributed by atoms with E-state index in [0.717, 1.165) is 11.1 Å². The Bertz CT molecular complexity index is 1340. The van der Waals surface area contributed by atoms with Gasteiger partial charge in [0.15, 0.2) is 11.5 Å². The van der Waals surface area contributed by atoms with E-state index in [1.54, 1.807) is 24.3 Å². The van der Waals surface area contributed by atoms with Crippen LogP contribution in [-0.4, -0.2) is 57.4 Å². The Balaban J connectivity index is 0.00000645. The zero-order valence-corrected chi connectivity index (χ0v) is 25.0. The Morgan fingerprint density at radius 3 is 2.09 bits per heavy atom. The van der Waals surface area contributed by atoms with E-state index >= 15 is 0 Å². The third kappa shape index (κ3) is 11.0. The molecule has 0 fully saturated rings. The van der Waals surface area contributed by atoms with Gasteiger partial charge in [0, 0.05) is 18.2 Å². The van der Waals surface area contributed by atoms with Crippen LogP contribution in [-0.2, 0) is 32.1 Å². The predicted octanol–water partition coefficient (Wildman–Crippen LogP) is 4.04. The smallest absolute Gasteiger partial charge is 0.329 e. The van der Waals surface area contributed by atoms with Gasteiger partial charge in [-0.1, -0.05) is 73.3 Å². The average Bonchev–Trinajstić information content (AvgIpc) is 3.01. The minimum absolute atomic E-state index is 0. The highest BCUT2D eigenvalue weighted by atomic mass is 35.5. The SMILES string of the molecule is C=CCOC(=O)C[C@H](NC(=O)c1cc(OC)c(OC)cc1OC[C@H](N)Cc1ccccc1)C(=O)OCc1ccccc1.Cl. The number of carbonyl (C=O) groups excluding carboxylic acids is 3. The molecule has 0 saturated heterocycles. The van der Waals surface area contributed by atoms with Crippen LogP contribution in [0, 0.1) is 0 Å². The molecule has 0 spiro atoms. The molecule has 1 amide bonds. The Morgan fingerprint density at radius 2 is 1.49 bits per heavy atom. The number of hydrogen-bond donors (Lipinski definition) is 2. The van der Waals surface area contributed by atoms with Crippen molar-refractivity contribution in [3.63, 3.8) is 0 Å². The Kier molecular flexibility index (Phi) is 14.6. The standard InChI is InChI=1S/C32H36N2O8.ClH/c1-4-15-40-30(35)18-26(32(37)42-20-23-13-9-6-10-14-23)34-31(36)25-17-28(38-2)29(39-3)19-27(25)41-21-24(33)16-22-11-7-5-8-12-22;/h4-14,17,19,24,26H,1,15-16,18,20-21,33H2,2-3H3,(H,34,36);1H/t24-,26+;/m1./s1. The van der Waals surface area contributed by atoms with Gasteiger partial charge in [0.2, 0.25) is 0 Å². The van der Waals surface area contributed by atoms with Crippen molar-refractivity contribution in [2.45, 2.75) is 31.5 Å². The fourth-order valence-electron chi connectivity index (χ4n) is 3.97. The first-order chi connectivity index (χ1) is 20.3. The van der Waals surface area contributed by atoms with Gasteiger partial charge in [0.1, 0.15) is 31.6 Å². The van der Waals surface area contributed by atoms with E-state index in [4.69, 9.17) is 29.4 Å². The number of carbonyl (C=O) groups is 3. The van der Waals surface area contributed by atoms with Crippen molar-refractivity contribution in [1.82, 2.24) is 5.32 Å². The maximum atomic E-state index is 13.6. The molecule has 0 bridgehead atoms. The fraction of sp³-hybridized carbons (Fsp3) is 0.281. The van der Waals surface area contributed by atoms with E-state index in [9.17, 15) is 14.4 Å². The van der Waals surface area contributed by atoms with E-state index in [1.807, 2.05) is 36.4 Å². The number of halogens is 1. The van der Waals surface area contributed by atoms with Gasteiger partial charge >= 0.3 is 11.9 Å². The van der Waals surface area contributed by atoms with Crippen LogP contribution < -0.4 is 25.3 Å². The van der Waals surface area contributed by atoms with Gasteiger partial charge in [-0.05, 0) is 17.5 Å². The largest absolute Gasteiger partial charge is 0.493 e. The zero-order chi connectivity index (χ0) is 30.3. The minimum atomic E-state index is -1.35. The first kappa shape index (κ1) is 34.7. The monoisotopic (exact) mass is 612 g/mol. The van der Waals surface area contributed by atoms with E-state index < -0.39 is 30.3 Å². The number of ether oxygens (including phenoxy) is 5. The molecule has 230 valence electrons. The van der Waals surface area contributed by atoms with Crippen molar-refractivity contribution in [3.8, 4) is 17.2 Å². The van der Waals surface area contributed by atoms with E-state index in [0.29, 0.717) is 12.2 Å². The summed E-state index contributed by atoms with van der Waals surface area (Å²) in [6, 6.07) is 19.9. The van der Waals surface area contributed by atoms with Gasteiger partial charge in [-0.2, -0.15) is 0 Å². The van der Waals surface area contributed by atoms with E-state index in [-0.39, 0.29) is 55.3 Å². The van der Waals surface area contributed by atoms with Crippen molar-refractivity contribution < 1.29 is 38.1 Å². The topological polar surface area (TPSA) is 135 Å². The van der Waals surface area contributed by atoms with Crippen molar-refractivity contribution in [2.75, 3.05) is 27.4 Å². The third-order valence-electron chi connectivity index (χ3n) is 6.07. The van der Waals surface area contributed by atoms with Gasteiger partial charge in [-0.3, -0.25) is 9.59 Å². The van der Waals surface area contributed by atoms with Crippen molar-refractivity contribution in [1.29, 1.82) is 0 Å². The number of nitrogens with one attached hydrogen (secondary N) is 1. The number of esters is 2. The molecule has 43 heavy (non-hydrogen) atoms. The first-order valence-corrected chi connectivity index (χ1v) is 13.3. The van der Waals surface area contributed by atoms with Crippen molar-refractivity contribution >= 4 is 30.3 Å². The molecule has 0 aliphatic carbocycles. The minimum Gasteiger partial charge on any atom is -0.493 e. The summed E-state index contributed by atoms with van der Waals surface area (Å²) >= 11 is 0. The molecule has 3 aromatic rings. The molecular formula is C32H37ClN2O8. The zero-order valence-electron chi connectivity index (χ0n) is 24.2. The number of rotatable bonds is 16. The second-order valence-electron chi connectivity index (χ2n) is 9.26. The second kappa shape index (κ2) is 18.1. The lowest BCUT2D eigenvalue weighted by atomic mass is 10.1. The molecule has 0 saturated carbocycles. The number of amides is 1. The molecule has 0 aliphatic heterocycles. The lowest BCUT2D eigenvalue weighted by molar-refractivity contribution is -0.152. The lowest BCUT2D eigenvalue weighted by Gasteiger charge is -2.20. The van der Waals surface area contributed by atoms with Crippen LogP contribution in [0.1, 0.15) is 27.9 Å². The molecule has 0 aliphatic rings. The molecule has 3 rings (SSSR count). The van der Waals surface area contributed by atoms with Crippen LogP contribution >= 0.6 is 12.4 Å². The fourth-order valence-corrected chi connectivity index (χ4v) is 3.97. The molecule has 11 heteroatoms. The summed E-state index contributed by atoms with van der Waals surface area (Å²) in [6.45, 7) is 3.50. The maximum Gasteiger partial charge on any atom is 0.329 e. The van der Waals surface area contributed by atoms with Crippen molar-refractivity contribution in [2.24, 2.45) is 5.73 Å². The first-order valence-electron chi connectivity index (χ1n) is 13.3. The summed E-state index contributed by atoms with van der Waals surface area (Å²) in [5.41, 5.74) is 8.13. The Labute approximate surface area is 257 Å². The quantitative estimate of drug-likeness (QED) is 0.181. The molecule has 0 aromatic heterocycles. The van der Waals surface area contributed by atoms with E-state index in [1.165, 1.54) is 32.4 Å². The predicted molar refractivity (Wildman–Crippen MR) is 164 cm³/mol. The third-order valence-corrected chi connectivity index (χ3v) is 6.07. The van der Waals surface area contributed by atoms with Crippen LogP contribution in [0.15, 0.2) is 85.5 Å². The van der Waals surface area contributed by atoms with Crippen LogP contribution in [0.4, 0.5) is 0 Å². The summed E-state index contributed by atoms with van der Waals surface area (Å²) < 4.78 is 27.2. The number of benzene rings is 3. The van der Waals surface area contributed by atoms with Crippen LogP contribution in [0.5, 0.6) is 17.2 Å². The van der Waals surface area contributed by atoms with Crippen LogP contribution in [0.25, 0.3) is 0 Å². The van der Waals surface area contributed by atoms with Gasteiger partial charge in [-0.25, -0.2) is 4.79 Å². The highest BCUT2D eigenvalue weighted by Gasteiger charge is 2.29. The number of methoxy groups -OCH3 is 2. The van der Waals surface area contributed by atoms with Gasteiger partial charge in [0.05, 0.1) is 26.2 Å². The van der Waals surface area contributed by atoms with E-state index in [2.05, 4.69) is 11.9 Å². The molecule has 0 heterocycles. The summed E-state index contributed by atoms with van der Waals surface area (Å²) in [5.74, 6) is -1.49. The number of hydrogen-bond acceptors (Lipinski definition) is 9. The molecule has 3 aromatic carbocycles. The highest BCUT2D eigenvalue weighted by molar-refractivity contribution is 6.00.